The minimum atomic E-state index is -4.84. The van der Waals surface area contributed by atoms with Gasteiger partial charge in [-0.25, -0.2) is 19.2 Å². The number of halogens is 4. The van der Waals surface area contributed by atoms with Gasteiger partial charge < -0.3 is 10.6 Å². The van der Waals surface area contributed by atoms with Gasteiger partial charge in [0.25, 0.3) is 0 Å². The van der Waals surface area contributed by atoms with E-state index in [1.165, 1.54) is 0 Å². The van der Waals surface area contributed by atoms with Crippen molar-refractivity contribution in [3.05, 3.63) is 72.2 Å². The van der Waals surface area contributed by atoms with Crippen LogP contribution in [0.2, 0.25) is 0 Å². The lowest BCUT2D eigenvalue weighted by atomic mass is 10.2. The number of nitrogens with one attached hydrogen (secondary N) is 2. The summed E-state index contributed by atoms with van der Waals surface area (Å²) >= 11 is 0. The van der Waals surface area contributed by atoms with Crippen LogP contribution in [0.3, 0.4) is 0 Å². The molecule has 2 heterocycles. The van der Waals surface area contributed by atoms with Gasteiger partial charge in [-0.15, -0.1) is 0 Å². The third-order valence-electron chi connectivity index (χ3n) is 3.78. The Balaban J connectivity index is 1.57. The zero-order chi connectivity index (χ0) is 20.1. The lowest BCUT2D eigenvalue weighted by Crippen LogP contribution is -2.31. The van der Waals surface area contributed by atoms with Crippen LogP contribution in [0.4, 0.5) is 28.0 Å². The number of urea groups is 1. The summed E-state index contributed by atoms with van der Waals surface area (Å²) < 4.78 is 53.8. The summed E-state index contributed by atoms with van der Waals surface area (Å²) in [5.41, 5.74) is -1.30. The van der Waals surface area contributed by atoms with Crippen molar-refractivity contribution < 1.29 is 22.4 Å². The van der Waals surface area contributed by atoms with Gasteiger partial charge >= 0.3 is 12.2 Å². The van der Waals surface area contributed by atoms with E-state index in [4.69, 9.17) is 0 Å². The summed E-state index contributed by atoms with van der Waals surface area (Å²) in [6.45, 7) is 0.160. The van der Waals surface area contributed by atoms with Crippen LogP contribution < -0.4 is 10.6 Å². The highest BCUT2D eigenvalue weighted by Gasteiger charge is 2.35. The normalized spacial score (nSPS) is 11.3. The number of carbonyl (C=O) groups excluding carboxylic acids is 1. The maximum absolute atomic E-state index is 13.9. The number of aromatic nitrogens is 3. The molecule has 6 nitrogen and oxygen atoms in total. The highest BCUT2D eigenvalue weighted by atomic mass is 19.4. The molecule has 0 aliphatic heterocycles. The number of anilines is 1. The topological polar surface area (TPSA) is 71.8 Å². The molecule has 2 amide bonds. The molecule has 3 aromatic rings. The van der Waals surface area contributed by atoms with Crippen LogP contribution in [0.1, 0.15) is 11.3 Å². The molecule has 0 aliphatic carbocycles. The Bertz CT molecular complexity index is 957. The highest BCUT2D eigenvalue weighted by Crippen LogP contribution is 2.33. The van der Waals surface area contributed by atoms with Gasteiger partial charge in [0.15, 0.2) is 5.82 Å². The Hall–Kier alpha value is -3.43. The van der Waals surface area contributed by atoms with Gasteiger partial charge in [0.2, 0.25) is 0 Å². The number of alkyl halides is 3. The third kappa shape index (κ3) is 4.64. The first kappa shape index (κ1) is 19.3. The fourth-order valence-electron chi connectivity index (χ4n) is 2.46. The second-order valence-corrected chi connectivity index (χ2v) is 5.75. The lowest BCUT2D eigenvalue weighted by molar-refractivity contribution is -0.139. The Kier molecular flexibility index (Phi) is 5.57. The van der Waals surface area contributed by atoms with Gasteiger partial charge in [0.1, 0.15) is 12.1 Å². The minimum absolute atomic E-state index is 0.160. The van der Waals surface area contributed by atoms with Crippen LogP contribution >= 0.6 is 0 Å². The summed E-state index contributed by atoms with van der Waals surface area (Å²) in [4.78, 5) is 20.2. The minimum Gasteiger partial charge on any atom is -0.337 e. The van der Waals surface area contributed by atoms with Crippen molar-refractivity contribution in [3.63, 3.8) is 0 Å². The Morgan fingerprint density at radius 1 is 1.14 bits per heavy atom. The molecule has 0 aliphatic rings. The molecule has 3 rings (SSSR count). The van der Waals surface area contributed by atoms with Gasteiger partial charge in [-0.1, -0.05) is 12.1 Å². The Morgan fingerprint density at radius 2 is 1.93 bits per heavy atom. The number of hydrogen-bond acceptors (Lipinski definition) is 3. The smallest absolute Gasteiger partial charge is 0.337 e. The van der Waals surface area contributed by atoms with Crippen molar-refractivity contribution in [1.82, 2.24) is 19.9 Å². The number of pyridine rings is 1. The molecule has 0 radical (unpaired) electrons. The van der Waals surface area contributed by atoms with E-state index in [-0.39, 0.29) is 6.54 Å². The van der Waals surface area contributed by atoms with E-state index in [1.54, 1.807) is 41.5 Å². The van der Waals surface area contributed by atoms with Crippen LogP contribution in [0.5, 0.6) is 0 Å². The zero-order valence-corrected chi connectivity index (χ0v) is 14.4. The first-order valence-electron chi connectivity index (χ1n) is 8.19. The second kappa shape index (κ2) is 8.07. The van der Waals surface area contributed by atoms with Crippen LogP contribution in [0.25, 0.3) is 5.82 Å². The maximum atomic E-state index is 13.9. The van der Waals surface area contributed by atoms with Crippen molar-refractivity contribution in [2.45, 2.75) is 12.6 Å². The van der Waals surface area contributed by atoms with E-state index in [9.17, 15) is 22.4 Å². The molecule has 2 aromatic heterocycles. The molecular weight excluding hydrogens is 378 g/mol. The molecule has 28 heavy (non-hydrogen) atoms. The van der Waals surface area contributed by atoms with Gasteiger partial charge in [0.05, 0.1) is 11.3 Å². The molecule has 0 unspecified atom stereocenters. The molecular formula is C18H15F4N5O. The zero-order valence-electron chi connectivity index (χ0n) is 14.4. The summed E-state index contributed by atoms with van der Waals surface area (Å²) in [7, 11) is 0. The number of nitrogens with zero attached hydrogens (tertiary/aromatic N) is 3. The van der Waals surface area contributed by atoms with Crippen molar-refractivity contribution in [1.29, 1.82) is 0 Å². The van der Waals surface area contributed by atoms with Crippen molar-refractivity contribution in [2.75, 3.05) is 11.9 Å². The summed E-state index contributed by atoms with van der Waals surface area (Å²) in [5, 5.41) is 4.55. The molecule has 0 atom stereocenters. The molecule has 146 valence electrons. The first-order chi connectivity index (χ1) is 13.3. The largest absolute Gasteiger partial charge is 0.419 e. The molecule has 0 bridgehead atoms. The van der Waals surface area contributed by atoms with Crippen LogP contribution in [0.15, 0.2) is 55.1 Å². The number of benzene rings is 1. The third-order valence-corrected chi connectivity index (χ3v) is 3.78. The first-order valence-corrected chi connectivity index (χ1v) is 8.19. The summed E-state index contributed by atoms with van der Waals surface area (Å²) in [5.74, 6) is -0.870. The monoisotopic (exact) mass is 393 g/mol. The van der Waals surface area contributed by atoms with Gasteiger partial charge in [-0.2, -0.15) is 13.2 Å². The van der Waals surface area contributed by atoms with E-state index in [2.05, 4.69) is 20.6 Å². The number of rotatable bonds is 5. The van der Waals surface area contributed by atoms with Gasteiger partial charge in [-0.05, 0) is 24.3 Å². The SMILES string of the molecule is O=C(NCCc1cccc(-n2ccnc2)n1)Nc1cccc(C(F)(F)F)c1F. The van der Waals surface area contributed by atoms with Gasteiger partial charge in [0, 0.05) is 31.1 Å². The molecule has 0 spiro atoms. The quantitative estimate of drug-likeness (QED) is 0.648. The van der Waals surface area contributed by atoms with Crippen LogP contribution in [-0.2, 0) is 12.6 Å². The fraction of sp³-hybridized carbons (Fsp3) is 0.167. The van der Waals surface area contributed by atoms with Crippen molar-refractivity contribution in [3.8, 4) is 5.82 Å². The van der Waals surface area contributed by atoms with Crippen molar-refractivity contribution >= 4 is 11.7 Å². The molecule has 0 saturated carbocycles. The molecule has 0 saturated heterocycles. The summed E-state index contributed by atoms with van der Waals surface area (Å²) in [6.07, 6.45) is 0.487. The summed E-state index contributed by atoms with van der Waals surface area (Å²) in [6, 6.07) is 7.23. The Morgan fingerprint density at radius 3 is 2.64 bits per heavy atom. The predicted octanol–water partition coefficient (Wildman–Crippen LogP) is 3.79. The van der Waals surface area contributed by atoms with E-state index < -0.39 is 29.3 Å². The number of carbonyl (C=O) groups is 1. The average molecular weight is 393 g/mol. The van der Waals surface area contributed by atoms with Gasteiger partial charge in [-0.3, -0.25) is 4.57 Å². The highest BCUT2D eigenvalue weighted by molar-refractivity contribution is 5.89. The van der Waals surface area contributed by atoms with Crippen LogP contribution in [0, 0.1) is 5.82 Å². The van der Waals surface area contributed by atoms with E-state index >= 15 is 0 Å². The maximum Gasteiger partial charge on any atom is 0.419 e. The standard InChI is InChI=1S/C18H15F4N5O/c19-16-13(18(20,21)22)4-2-5-14(16)26-17(28)24-8-7-12-3-1-6-15(25-12)27-10-9-23-11-27/h1-6,9-11H,7-8H2,(H2,24,26,28). The molecule has 2 N–H and O–H groups in total. The van der Waals surface area contributed by atoms with E-state index in [0.29, 0.717) is 24.0 Å². The Labute approximate surface area is 157 Å². The molecule has 10 heteroatoms. The van der Waals surface area contributed by atoms with E-state index in [1.807, 2.05) is 0 Å². The van der Waals surface area contributed by atoms with Crippen molar-refractivity contribution in [2.24, 2.45) is 0 Å². The number of hydrogen-bond donors (Lipinski definition) is 2. The number of imidazole rings is 1. The molecule has 0 fully saturated rings. The predicted molar refractivity (Wildman–Crippen MR) is 93.5 cm³/mol. The lowest BCUT2D eigenvalue weighted by Gasteiger charge is -2.12. The van der Waals surface area contributed by atoms with Crippen LogP contribution in [-0.4, -0.2) is 27.1 Å². The fourth-order valence-corrected chi connectivity index (χ4v) is 2.46. The van der Waals surface area contributed by atoms with E-state index in [0.717, 1.165) is 12.1 Å². The average Bonchev–Trinajstić information content (AvgIpc) is 3.17. The number of amides is 2. The second-order valence-electron chi connectivity index (χ2n) is 5.75. The molecule has 1 aromatic carbocycles.